The van der Waals surface area contributed by atoms with E-state index in [1.165, 1.54) is 18.2 Å². The molecule has 0 bridgehead atoms. The largest absolute Gasteiger partial charge is 0.453 e. The number of nitroso groups, excluding NO2 is 5. The van der Waals surface area contributed by atoms with Crippen molar-refractivity contribution in [3.8, 4) is 11.5 Å². The number of aryl methyl sites for hydroxylation is 4. The zero-order valence-corrected chi connectivity index (χ0v) is 21.4. The van der Waals surface area contributed by atoms with Gasteiger partial charge in [0.05, 0.1) is 17.1 Å². The van der Waals surface area contributed by atoms with Crippen molar-refractivity contribution in [2.45, 2.75) is 25.7 Å². The normalized spacial score (nSPS) is 11.3. The Kier molecular flexibility index (Phi) is 7.58. The van der Waals surface area contributed by atoms with Crippen molar-refractivity contribution in [2.75, 3.05) is 11.1 Å². The summed E-state index contributed by atoms with van der Waals surface area (Å²) < 4.78 is 6.21. The highest BCUT2D eigenvalue weighted by molar-refractivity contribution is 5.78. The Labute approximate surface area is 232 Å². The van der Waals surface area contributed by atoms with Crippen LogP contribution in [0.25, 0.3) is 0 Å². The molecule has 0 aromatic heterocycles. The fourth-order valence-corrected chi connectivity index (χ4v) is 4.71. The van der Waals surface area contributed by atoms with Gasteiger partial charge >= 0.3 is 0 Å². The smallest absolute Gasteiger partial charge is 0.166 e. The first-order valence-corrected chi connectivity index (χ1v) is 12.4. The Hall–Kier alpha value is -5.72. The third-order valence-corrected chi connectivity index (χ3v) is 6.77. The summed E-state index contributed by atoms with van der Waals surface area (Å²) in [6.45, 7) is 0. The number of nitrogens with one attached hydrogen (secondary N) is 1. The maximum atomic E-state index is 11.1. The summed E-state index contributed by atoms with van der Waals surface area (Å²) in [5.41, 5.74) is 9.77. The Morgan fingerprint density at radius 1 is 0.537 bits per heavy atom. The lowest BCUT2D eigenvalue weighted by Gasteiger charge is -2.23. The summed E-state index contributed by atoms with van der Waals surface area (Å²) in [6.07, 6.45) is 2.16. The van der Waals surface area contributed by atoms with E-state index in [1.54, 1.807) is 6.07 Å². The summed E-state index contributed by atoms with van der Waals surface area (Å²) in [4.78, 5) is 55.1. The number of hydrogen-bond acceptors (Lipinski definition) is 13. The highest BCUT2D eigenvalue weighted by Gasteiger charge is 2.19. The highest BCUT2D eigenvalue weighted by Crippen LogP contribution is 2.43. The van der Waals surface area contributed by atoms with E-state index >= 15 is 0 Å². The lowest BCUT2D eigenvalue weighted by atomic mass is 10.0. The van der Waals surface area contributed by atoms with Crippen LogP contribution in [0.15, 0.2) is 86.5 Å². The topological polar surface area (TPSA) is 194 Å². The number of hydrogen-bond donors (Lipinski definition) is 2. The van der Waals surface area contributed by atoms with E-state index < -0.39 is 0 Å². The molecule has 5 rings (SSSR count). The molecule has 0 saturated heterocycles. The summed E-state index contributed by atoms with van der Waals surface area (Å²) in [5, 5.41) is 17.3. The van der Waals surface area contributed by atoms with Crippen LogP contribution in [0, 0.1) is 24.5 Å². The van der Waals surface area contributed by atoms with Crippen molar-refractivity contribution in [3.63, 3.8) is 0 Å². The average Bonchev–Trinajstić information content (AvgIpc) is 3.00. The van der Waals surface area contributed by atoms with E-state index in [0.717, 1.165) is 28.1 Å². The van der Waals surface area contributed by atoms with Gasteiger partial charge in [0.1, 0.15) is 17.1 Å². The molecule has 3 N–H and O–H groups in total. The van der Waals surface area contributed by atoms with E-state index in [0.29, 0.717) is 42.7 Å². The van der Waals surface area contributed by atoms with Crippen LogP contribution in [0.2, 0.25) is 0 Å². The molecule has 0 atom stereocenters. The Morgan fingerprint density at radius 3 is 1.44 bits per heavy atom. The van der Waals surface area contributed by atoms with Crippen molar-refractivity contribution >= 4 is 45.5 Å². The number of fused-ring (bicyclic) bond motifs is 2. The monoisotopic (exact) mass is 551 g/mol. The minimum atomic E-state index is -0.370. The second-order valence-corrected chi connectivity index (χ2v) is 9.38. The van der Waals surface area contributed by atoms with Crippen LogP contribution in [0.1, 0.15) is 22.3 Å². The zero-order valence-electron chi connectivity index (χ0n) is 21.4. The summed E-state index contributed by atoms with van der Waals surface area (Å²) in [7, 11) is 0. The van der Waals surface area contributed by atoms with Crippen molar-refractivity contribution in [1.82, 2.24) is 0 Å². The highest BCUT2D eigenvalue weighted by atomic mass is 16.5. The molecule has 0 radical (unpaired) electrons. The second kappa shape index (κ2) is 11.6. The number of anilines is 3. The number of ether oxygens (including phenoxy) is 1. The van der Waals surface area contributed by atoms with Crippen LogP contribution < -0.4 is 15.8 Å². The van der Waals surface area contributed by atoms with Crippen LogP contribution in [-0.4, -0.2) is 0 Å². The van der Waals surface area contributed by atoms with Gasteiger partial charge in [-0.3, -0.25) is 0 Å². The lowest BCUT2D eigenvalue weighted by Crippen LogP contribution is -2.04. The first-order valence-electron chi connectivity index (χ1n) is 12.4. The summed E-state index contributed by atoms with van der Waals surface area (Å²) >= 11 is 0. The standard InChI is InChI=1S/C28H21N7O6/c29-19-9-17(10-22(31-36)27(19)34-39)3-1-15-5-7-20-25(13-15)41-26-14-16(6-8-21(26)30-20)2-4-18-11-23(32-37)28(35-40)24(12-18)33-38/h5-14,30H,1-4,29H2. The van der Waals surface area contributed by atoms with E-state index in [1.807, 2.05) is 36.4 Å². The van der Waals surface area contributed by atoms with Gasteiger partial charge in [-0.25, -0.2) is 0 Å². The van der Waals surface area contributed by atoms with Crippen LogP contribution >= 0.6 is 0 Å². The van der Waals surface area contributed by atoms with Crippen molar-refractivity contribution < 1.29 is 4.74 Å². The number of benzene rings is 4. The molecule has 13 heteroatoms. The molecule has 0 amide bonds. The molecule has 4 aromatic carbocycles. The second-order valence-electron chi connectivity index (χ2n) is 9.38. The predicted octanol–water partition coefficient (Wildman–Crippen LogP) is 8.68. The number of rotatable bonds is 11. The van der Waals surface area contributed by atoms with Gasteiger partial charge in [-0.2, -0.15) is 0 Å². The SMILES string of the molecule is Nc1cc(CCc2ccc3c(c2)Oc2cc(CCc4cc(N=O)c(N=O)c(N=O)c4)ccc2N3)cc(N=O)c1N=O. The first-order chi connectivity index (χ1) is 20.0. The molecule has 0 saturated carbocycles. The van der Waals surface area contributed by atoms with Gasteiger partial charge in [-0.15, -0.1) is 24.5 Å². The van der Waals surface area contributed by atoms with Gasteiger partial charge < -0.3 is 15.8 Å². The van der Waals surface area contributed by atoms with Crippen LogP contribution in [0.5, 0.6) is 11.5 Å². The van der Waals surface area contributed by atoms with E-state index in [4.69, 9.17) is 10.5 Å². The minimum absolute atomic E-state index is 0.0861. The molecule has 41 heavy (non-hydrogen) atoms. The van der Waals surface area contributed by atoms with Crippen molar-refractivity contribution in [2.24, 2.45) is 25.9 Å². The van der Waals surface area contributed by atoms with Gasteiger partial charge in [0.15, 0.2) is 22.9 Å². The van der Waals surface area contributed by atoms with E-state index in [9.17, 15) is 24.5 Å². The first kappa shape index (κ1) is 26.9. The van der Waals surface area contributed by atoms with Gasteiger partial charge in [0.2, 0.25) is 0 Å². The Morgan fingerprint density at radius 2 is 0.976 bits per heavy atom. The van der Waals surface area contributed by atoms with Crippen molar-refractivity contribution in [3.05, 3.63) is 107 Å². The summed E-state index contributed by atoms with van der Waals surface area (Å²) in [5.74, 6) is 1.27. The van der Waals surface area contributed by atoms with Gasteiger partial charge in [0.25, 0.3) is 0 Å². The summed E-state index contributed by atoms with van der Waals surface area (Å²) in [6, 6.07) is 17.5. The van der Waals surface area contributed by atoms with Crippen LogP contribution in [0.4, 0.5) is 45.5 Å². The predicted molar refractivity (Wildman–Crippen MR) is 156 cm³/mol. The third-order valence-electron chi connectivity index (χ3n) is 6.77. The van der Waals surface area contributed by atoms with Gasteiger partial charge in [-0.1, -0.05) is 12.1 Å². The molecule has 1 aliphatic heterocycles. The Bertz CT molecular complexity index is 1690. The molecule has 204 valence electrons. The zero-order chi connectivity index (χ0) is 28.9. The molecule has 4 aromatic rings. The number of nitrogens with zero attached hydrogens (tertiary/aromatic N) is 5. The number of nitrogen functional groups attached to an aromatic ring is 1. The fourth-order valence-electron chi connectivity index (χ4n) is 4.71. The molecule has 0 unspecified atom stereocenters. The minimum Gasteiger partial charge on any atom is -0.453 e. The fraction of sp³-hybridized carbons (Fsp3) is 0.143. The van der Waals surface area contributed by atoms with Crippen LogP contribution in [0.3, 0.4) is 0 Å². The quantitative estimate of drug-likeness (QED) is 0.120. The molecular weight excluding hydrogens is 530 g/mol. The maximum Gasteiger partial charge on any atom is 0.166 e. The molecular formula is C28H21N7O6. The van der Waals surface area contributed by atoms with E-state index in [-0.39, 0.29) is 34.1 Å². The van der Waals surface area contributed by atoms with Crippen molar-refractivity contribution in [1.29, 1.82) is 0 Å². The molecule has 0 aliphatic carbocycles. The molecule has 0 spiro atoms. The molecule has 13 nitrogen and oxygen atoms in total. The molecule has 1 heterocycles. The van der Waals surface area contributed by atoms with Crippen LogP contribution in [-0.2, 0) is 25.7 Å². The van der Waals surface area contributed by atoms with Gasteiger partial charge in [-0.05, 0) is 122 Å². The molecule has 0 fully saturated rings. The van der Waals surface area contributed by atoms with E-state index in [2.05, 4.69) is 31.2 Å². The lowest BCUT2D eigenvalue weighted by molar-refractivity contribution is 0.479. The maximum absolute atomic E-state index is 11.1. The third kappa shape index (κ3) is 5.54. The van der Waals surface area contributed by atoms with Gasteiger partial charge in [0, 0.05) is 0 Å². The average molecular weight is 552 g/mol. The number of nitrogens with two attached hydrogens (primary N) is 1. The molecule has 1 aliphatic rings. The Balaban J connectivity index is 1.29.